The third kappa shape index (κ3) is 4.93. The number of thiazole rings is 1. The fourth-order valence-corrected chi connectivity index (χ4v) is 5.08. The van der Waals surface area contributed by atoms with Gasteiger partial charge in [-0.15, -0.1) is 0 Å². The van der Waals surface area contributed by atoms with Crippen LogP contribution in [0.25, 0.3) is 6.08 Å². The molecule has 0 aliphatic carbocycles. The molecule has 7 nitrogen and oxygen atoms in total. The number of rotatable bonds is 7. The molecule has 4 rings (SSSR count). The lowest BCUT2D eigenvalue weighted by Gasteiger charge is -2.26. The van der Waals surface area contributed by atoms with E-state index in [1.807, 2.05) is 68.5 Å². The zero-order valence-corrected chi connectivity index (χ0v) is 21.2. The van der Waals surface area contributed by atoms with Gasteiger partial charge in [0.2, 0.25) is 0 Å². The van der Waals surface area contributed by atoms with Crippen molar-refractivity contribution in [2.45, 2.75) is 39.8 Å². The van der Waals surface area contributed by atoms with Gasteiger partial charge in [0.1, 0.15) is 17.5 Å². The Morgan fingerprint density at radius 1 is 1.20 bits per heavy atom. The molecule has 0 spiro atoms. The van der Waals surface area contributed by atoms with Gasteiger partial charge in [-0.25, -0.2) is 9.79 Å². The number of allylic oxidation sites excluding steroid dienone is 1. The van der Waals surface area contributed by atoms with Gasteiger partial charge in [0.25, 0.3) is 5.56 Å². The van der Waals surface area contributed by atoms with Gasteiger partial charge >= 0.3 is 5.97 Å². The minimum Gasteiger partial charge on any atom is -0.497 e. The molecule has 2 heterocycles. The number of nitrogens with zero attached hydrogens (tertiary/aromatic N) is 2. The summed E-state index contributed by atoms with van der Waals surface area (Å²) in [6, 6.07) is 14.2. The number of para-hydroxylation sites is 1. The van der Waals surface area contributed by atoms with Gasteiger partial charge in [0.15, 0.2) is 4.80 Å². The predicted molar refractivity (Wildman–Crippen MR) is 136 cm³/mol. The number of hydrogen-bond acceptors (Lipinski definition) is 7. The summed E-state index contributed by atoms with van der Waals surface area (Å²) >= 11 is 1.28. The van der Waals surface area contributed by atoms with Gasteiger partial charge in [-0.1, -0.05) is 41.7 Å². The van der Waals surface area contributed by atoms with E-state index in [4.69, 9.17) is 14.2 Å². The van der Waals surface area contributed by atoms with Gasteiger partial charge in [-0.3, -0.25) is 9.36 Å². The van der Waals surface area contributed by atoms with Crippen LogP contribution < -0.4 is 24.4 Å². The number of ether oxygens (including phenoxy) is 3. The molecule has 0 radical (unpaired) electrons. The van der Waals surface area contributed by atoms with Crippen LogP contribution in [0.5, 0.6) is 11.5 Å². The molecule has 0 fully saturated rings. The molecule has 8 heteroatoms. The molecule has 0 saturated carbocycles. The van der Waals surface area contributed by atoms with E-state index in [1.165, 1.54) is 11.3 Å². The van der Waals surface area contributed by atoms with Gasteiger partial charge in [0, 0.05) is 5.56 Å². The van der Waals surface area contributed by atoms with E-state index in [0.29, 0.717) is 37.7 Å². The Kier molecular flexibility index (Phi) is 7.21. The lowest BCUT2D eigenvalue weighted by Crippen LogP contribution is -2.40. The Labute approximate surface area is 207 Å². The zero-order chi connectivity index (χ0) is 25.1. The van der Waals surface area contributed by atoms with Gasteiger partial charge in [-0.2, -0.15) is 0 Å². The molecule has 0 unspecified atom stereocenters. The fourth-order valence-electron chi connectivity index (χ4n) is 4.04. The minimum atomic E-state index is -0.729. The normalized spacial score (nSPS) is 15.6. The molecular formula is C27H28N2O5S. The standard InChI is InChI=1S/C27H28N2O5S/c1-6-33-26(31)23-17(4)28-27-29(24(23)20-12-7-8-13-21(20)34-16(2)3)25(30)22(35-27)15-18-10-9-11-19(14-18)32-5/h7-16,24H,6H2,1-5H3/b22-15+/t24-/m1/s1. The van der Waals surface area contributed by atoms with Gasteiger partial charge < -0.3 is 14.2 Å². The second kappa shape index (κ2) is 10.3. The Morgan fingerprint density at radius 3 is 2.69 bits per heavy atom. The smallest absolute Gasteiger partial charge is 0.338 e. The summed E-state index contributed by atoms with van der Waals surface area (Å²) in [7, 11) is 1.60. The molecule has 0 bridgehead atoms. The monoisotopic (exact) mass is 492 g/mol. The largest absolute Gasteiger partial charge is 0.497 e. The summed E-state index contributed by atoms with van der Waals surface area (Å²) in [5.74, 6) is 0.802. The van der Waals surface area contributed by atoms with E-state index in [2.05, 4.69) is 4.99 Å². The Morgan fingerprint density at radius 2 is 1.97 bits per heavy atom. The van der Waals surface area contributed by atoms with Crippen molar-refractivity contribution in [2.24, 2.45) is 4.99 Å². The minimum absolute atomic E-state index is 0.0869. The Balaban J connectivity index is 1.97. The van der Waals surface area contributed by atoms with E-state index in [9.17, 15) is 9.59 Å². The number of carbonyl (C=O) groups excluding carboxylic acids is 1. The van der Waals surface area contributed by atoms with Crippen LogP contribution in [0, 0.1) is 0 Å². The lowest BCUT2D eigenvalue weighted by molar-refractivity contribution is -0.139. The molecule has 0 amide bonds. The van der Waals surface area contributed by atoms with Crippen molar-refractivity contribution in [3.63, 3.8) is 0 Å². The van der Waals surface area contributed by atoms with E-state index in [-0.39, 0.29) is 18.3 Å². The summed E-state index contributed by atoms with van der Waals surface area (Å²) < 4.78 is 18.8. The number of carbonyl (C=O) groups is 1. The van der Waals surface area contributed by atoms with Crippen LogP contribution in [-0.2, 0) is 9.53 Å². The van der Waals surface area contributed by atoms with Crippen molar-refractivity contribution in [1.29, 1.82) is 0 Å². The average molecular weight is 493 g/mol. The van der Waals surface area contributed by atoms with Crippen molar-refractivity contribution < 1.29 is 19.0 Å². The maximum atomic E-state index is 13.8. The van der Waals surface area contributed by atoms with Crippen molar-refractivity contribution in [3.8, 4) is 11.5 Å². The van der Waals surface area contributed by atoms with Crippen LogP contribution >= 0.6 is 11.3 Å². The van der Waals surface area contributed by atoms with Crippen LogP contribution in [0.3, 0.4) is 0 Å². The van der Waals surface area contributed by atoms with E-state index < -0.39 is 12.0 Å². The molecule has 3 aromatic rings. The Bertz CT molecular complexity index is 1470. The summed E-state index contributed by atoms with van der Waals surface area (Å²) in [5, 5.41) is 0. The molecule has 2 aromatic carbocycles. The molecule has 0 saturated heterocycles. The topological polar surface area (TPSA) is 79.1 Å². The Hall–Kier alpha value is -3.65. The molecule has 0 N–H and O–H groups in total. The number of hydrogen-bond donors (Lipinski definition) is 0. The lowest BCUT2D eigenvalue weighted by atomic mass is 9.95. The van der Waals surface area contributed by atoms with Crippen molar-refractivity contribution >= 4 is 23.4 Å². The van der Waals surface area contributed by atoms with Crippen LogP contribution in [0.15, 0.2) is 69.6 Å². The zero-order valence-electron chi connectivity index (χ0n) is 20.4. The van der Waals surface area contributed by atoms with Crippen LogP contribution in [0.2, 0.25) is 0 Å². The number of benzene rings is 2. The second-order valence-corrected chi connectivity index (χ2v) is 9.29. The highest BCUT2D eigenvalue weighted by Gasteiger charge is 2.35. The van der Waals surface area contributed by atoms with E-state index in [1.54, 1.807) is 25.5 Å². The molecule has 1 atom stereocenters. The second-order valence-electron chi connectivity index (χ2n) is 8.28. The first-order chi connectivity index (χ1) is 16.8. The predicted octanol–water partition coefficient (Wildman–Crippen LogP) is 3.59. The number of aromatic nitrogens is 1. The SMILES string of the molecule is CCOC(=O)C1=C(C)N=c2s/c(=C/c3cccc(OC)c3)c(=O)n2[C@@H]1c1ccccc1OC(C)C. The highest BCUT2D eigenvalue weighted by atomic mass is 32.1. The maximum absolute atomic E-state index is 13.8. The summed E-state index contributed by atoms with van der Waals surface area (Å²) in [6.07, 6.45) is 1.72. The first kappa shape index (κ1) is 24.5. The summed E-state index contributed by atoms with van der Waals surface area (Å²) in [4.78, 5) is 32.0. The molecular weight excluding hydrogens is 464 g/mol. The first-order valence-electron chi connectivity index (χ1n) is 11.4. The highest BCUT2D eigenvalue weighted by Crippen LogP contribution is 2.36. The summed E-state index contributed by atoms with van der Waals surface area (Å²) in [6.45, 7) is 7.60. The first-order valence-corrected chi connectivity index (χ1v) is 12.2. The highest BCUT2D eigenvalue weighted by molar-refractivity contribution is 7.07. The van der Waals surface area contributed by atoms with Crippen molar-refractivity contribution in [3.05, 3.63) is 90.6 Å². The van der Waals surface area contributed by atoms with E-state index >= 15 is 0 Å². The summed E-state index contributed by atoms with van der Waals surface area (Å²) in [5.41, 5.74) is 2.13. The molecule has 1 aliphatic rings. The number of methoxy groups -OCH3 is 1. The molecule has 1 aromatic heterocycles. The maximum Gasteiger partial charge on any atom is 0.338 e. The quantitative estimate of drug-likeness (QED) is 0.471. The third-order valence-corrected chi connectivity index (χ3v) is 6.47. The fraction of sp³-hybridized carbons (Fsp3) is 0.296. The van der Waals surface area contributed by atoms with Crippen molar-refractivity contribution in [1.82, 2.24) is 4.57 Å². The number of esters is 1. The van der Waals surface area contributed by atoms with E-state index in [0.717, 1.165) is 5.56 Å². The molecule has 1 aliphatic heterocycles. The molecule has 35 heavy (non-hydrogen) atoms. The van der Waals surface area contributed by atoms with Gasteiger partial charge in [0.05, 0.1) is 35.6 Å². The number of fused-ring (bicyclic) bond motifs is 1. The van der Waals surface area contributed by atoms with Crippen LogP contribution in [-0.4, -0.2) is 30.4 Å². The average Bonchev–Trinajstić information content (AvgIpc) is 3.13. The van der Waals surface area contributed by atoms with Crippen LogP contribution in [0.4, 0.5) is 0 Å². The van der Waals surface area contributed by atoms with Gasteiger partial charge in [-0.05, 0) is 57.5 Å². The van der Waals surface area contributed by atoms with Crippen LogP contribution in [0.1, 0.15) is 44.9 Å². The molecule has 182 valence electrons. The van der Waals surface area contributed by atoms with Crippen molar-refractivity contribution in [2.75, 3.05) is 13.7 Å². The third-order valence-electron chi connectivity index (χ3n) is 5.48.